The summed E-state index contributed by atoms with van der Waals surface area (Å²) in [6, 6.07) is 8.91. The zero-order chi connectivity index (χ0) is 15.1. The number of hydrogen-bond donors (Lipinski definition) is 0. The van der Waals surface area contributed by atoms with Crippen molar-refractivity contribution >= 4 is 47.1 Å². The van der Waals surface area contributed by atoms with Gasteiger partial charge in [0.05, 0.1) is 20.8 Å². The summed E-state index contributed by atoms with van der Waals surface area (Å²) in [5.41, 5.74) is 0. The SMILES string of the molecule is CC[Si](CC)(CC)N([SiH2]N([SiH3])[SiH3])[Si](CC)(CC)CC. The van der Waals surface area contributed by atoms with E-state index in [-0.39, 0.29) is 9.84 Å². The highest BCUT2D eigenvalue weighted by Gasteiger charge is 2.45. The summed E-state index contributed by atoms with van der Waals surface area (Å²) in [6.45, 7) is 14.9. The molecule has 0 atom stereocenters. The quantitative estimate of drug-likeness (QED) is 0.546. The monoisotopic (exact) mass is 350 g/mol. The van der Waals surface area contributed by atoms with Crippen LogP contribution in [0, 0.1) is 0 Å². The molecule has 7 heteroatoms. The molecule has 0 radical (unpaired) electrons. The Labute approximate surface area is 132 Å². The Balaban J connectivity index is 5.63. The van der Waals surface area contributed by atoms with E-state index in [4.69, 9.17) is 0 Å². The third kappa shape index (κ3) is 4.48. The maximum atomic E-state index is 3.32. The van der Waals surface area contributed by atoms with Gasteiger partial charge in [-0.05, 0) is 36.3 Å². The van der Waals surface area contributed by atoms with Crippen LogP contribution in [0.5, 0.6) is 0 Å². The third-order valence-corrected chi connectivity index (χ3v) is 26.0. The van der Waals surface area contributed by atoms with E-state index >= 15 is 0 Å². The summed E-state index contributed by atoms with van der Waals surface area (Å²) in [7, 11) is 0.221. The van der Waals surface area contributed by atoms with Gasteiger partial charge in [-0.2, -0.15) is 0 Å². The van der Waals surface area contributed by atoms with E-state index in [1.807, 2.05) is 0 Å². The molecule has 0 aliphatic heterocycles. The molecule has 0 aromatic rings. The summed E-state index contributed by atoms with van der Waals surface area (Å²) in [5.74, 6) is 0. The average Bonchev–Trinajstić information content (AvgIpc) is 2.43. The van der Waals surface area contributed by atoms with Gasteiger partial charge in [0.2, 0.25) is 0 Å². The second-order valence-electron chi connectivity index (χ2n) is 6.22. The van der Waals surface area contributed by atoms with Crippen LogP contribution in [0.4, 0.5) is 0 Å². The van der Waals surface area contributed by atoms with Crippen molar-refractivity contribution in [2.75, 3.05) is 0 Å². The lowest BCUT2D eigenvalue weighted by Gasteiger charge is -2.53. The van der Waals surface area contributed by atoms with Crippen LogP contribution >= 0.6 is 0 Å². The molecule has 0 unspecified atom stereocenters. The van der Waals surface area contributed by atoms with Gasteiger partial charge in [0.15, 0.2) is 0 Å². The lowest BCUT2D eigenvalue weighted by atomic mass is 10.9. The Bertz CT molecular complexity index is 206. The molecule has 0 aliphatic carbocycles. The van der Waals surface area contributed by atoms with E-state index in [1.54, 1.807) is 0 Å². The molecular formula is C12H38N2Si5. The van der Waals surface area contributed by atoms with E-state index in [2.05, 4.69) is 49.3 Å². The van der Waals surface area contributed by atoms with E-state index in [1.165, 1.54) is 57.1 Å². The van der Waals surface area contributed by atoms with Gasteiger partial charge in [0.25, 0.3) is 0 Å². The van der Waals surface area contributed by atoms with Crippen molar-refractivity contribution in [3.05, 3.63) is 0 Å². The first kappa shape index (κ1) is 20.0. The van der Waals surface area contributed by atoms with Crippen LogP contribution in [0.15, 0.2) is 0 Å². The molecule has 19 heavy (non-hydrogen) atoms. The molecular weight excluding hydrogens is 313 g/mol. The van der Waals surface area contributed by atoms with E-state index in [9.17, 15) is 0 Å². The van der Waals surface area contributed by atoms with Crippen LogP contribution in [-0.2, 0) is 0 Å². The fourth-order valence-electron chi connectivity index (χ4n) is 3.73. The molecule has 0 spiro atoms. The predicted octanol–water partition coefficient (Wildman–Crippen LogP) is 1.16. The molecule has 0 aromatic heterocycles. The molecule has 0 aromatic carbocycles. The highest BCUT2D eigenvalue weighted by molar-refractivity contribution is 6.99. The minimum Gasteiger partial charge on any atom is -0.377 e. The molecule has 0 rings (SSSR count). The first-order valence-corrected chi connectivity index (χ1v) is 16.5. The van der Waals surface area contributed by atoms with Crippen LogP contribution < -0.4 is 0 Å². The van der Waals surface area contributed by atoms with Crippen molar-refractivity contribution in [2.24, 2.45) is 0 Å². The zero-order valence-electron chi connectivity index (χ0n) is 14.8. The maximum Gasteiger partial charge on any atom is 0.145 e. The zero-order valence-corrected chi connectivity index (χ0v) is 22.3. The predicted molar refractivity (Wildman–Crippen MR) is 106 cm³/mol. The second kappa shape index (κ2) is 9.11. The first-order valence-electron chi connectivity index (χ1n) is 8.34. The summed E-state index contributed by atoms with van der Waals surface area (Å²) >= 11 is 0. The summed E-state index contributed by atoms with van der Waals surface area (Å²) in [4.78, 5) is 0. The summed E-state index contributed by atoms with van der Waals surface area (Å²) in [5, 5.41) is 0. The van der Waals surface area contributed by atoms with Gasteiger partial charge >= 0.3 is 0 Å². The van der Waals surface area contributed by atoms with E-state index < -0.39 is 16.5 Å². The van der Waals surface area contributed by atoms with Crippen molar-refractivity contribution in [2.45, 2.75) is 77.8 Å². The highest BCUT2D eigenvalue weighted by atomic mass is 28.5. The van der Waals surface area contributed by atoms with Crippen molar-refractivity contribution in [1.82, 2.24) is 7.79 Å². The van der Waals surface area contributed by atoms with Gasteiger partial charge in [-0.1, -0.05) is 41.5 Å². The van der Waals surface area contributed by atoms with E-state index in [0.717, 1.165) is 0 Å². The number of hydrogen-bond acceptors (Lipinski definition) is 2. The van der Waals surface area contributed by atoms with Crippen molar-refractivity contribution in [1.29, 1.82) is 0 Å². The van der Waals surface area contributed by atoms with Gasteiger partial charge < -0.3 is 7.79 Å². The van der Waals surface area contributed by atoms with E-state index in [0.29, 0.717) is 0 Å². The fraction of sp³-hybridized carbons (Fsp3) is 1.00. The lowest BCUT2D eigenvalue weighted by molar-refractivity contribution is 0.797. The van der Waals surface area contributed by atoms with Gasteiger partial charge in [-0.25, -0.2) is 0 Å². The molecule has 0 fully saturated rings. The van der Waals surface area contributed by atoms with Crippen LogP contribution in [0.2, 0.25) is 36.3 Å². The highest BCUT2D eigenvalue weighted by Crippen LogP contribution is 2.34. The molecule has 116 valence electrons. The van der Waals surface area contributed by atoms with Gasteiger partial charge in [-0.3, -0.25) is 0 Å². The Morgan fingerprint density at radius 1 is 0.684 bits per heavy atom. The first-order chi connectivity index (χ1) is 8.91. The summed E-state index contributed by atoms with van der Waals surface area (Å²) < 4.78 is 6.14. The van der Waals surface area contributed by atoms with Crippen LogP contribution in [0.1, 0.15) is 41.5 Å². The summed E-state index contributed by atoms with van der Waals surface area (Å²) in [6.07, 6.45) is 0. The lowest BCUT2D eigenvalue weighted by Crippen LogP contribution is -2.69. The number of nitrogens with zero attached hydrogens (tertiary/aromatic N) is 2. The van der Waals surface area contributed by atoms with Gasteiger partial charge in [0, 0.05) is 0 Å². The molecule has 0 saturated carbocycles. The topological polar surface area (TPSA) is 6.48 Å². The van der Waals surface area contributed by atoms with Crippen LogP contribution in [0.3, 0.4) is 0 Å². The molecule has 0 bridgehead atoms. The molecule has 0 heterocycles. The Hall–Kier alpha value is 1.00. The standard InChI is InChI=1S/C12H38N2Si5/c1-7-18(8-2,9-3)14(17-13(15)16)19(10-4,11-5)12-6/h7-12,17H2,1-6,15-16H3. The maximum absolute atomic E-state index is 3.32. The van der Waals surface area contributed by atoms with Crippen molar-refractivity contribution < 1.29 is 0 Å². The molecule has 2 nitrogen and oxygen atoms in total. The van der Waals surface area contributed by atoms with Crippen LogP contribution in [-0.4, -0.2) is 54.9 Å². The molecule has 0 N–H and O–H groups in total. The largest absolute Gasteiger partial charge is 0.377 e. The second-order valence-corrected chi connectivity index (χ2v) is 27.7. The molecule has 0 saturated heterocycles. The fourth-order valence-corrected chi connectivity index (χ4v) is 29.7. The Kier molecular flexibility index (Phi) is 9.59. The normalized spacial score (nSPS) is 14.5. The minimum absolute atomic E-state index is 0.101. The van der Waals surface area contributed by atoms with Crippen molar-refractivity contribution in [3.63, 3.8) is 0 Å². The van der Waals surface area contributed by atoms with Crippen LogP contribution in [0.25, 0.3) is 0 Å². The Morgan fingerprint density at radius 3 is 1.11 bits per heavy atom. The molecule has 0 aliphatic rings. The molecule has 0 amide bonds. The number of rotatable bonds is 10. The average molecular weight is 351 g/mol. The van der Waals surface area contributed by atoms with Crippen molar-refractivity contribution in [3.8, 4) is 0 Å². The van der Waals surface area contributed by atoms with Gasteiger partial charge in [0.1, 0.15) is 26.3 Å². The van der Waals surface area contributed by atoms with Gasteiger partial charge in [-0.15, -0.1) is 0 Å². The smallest absolute Gasteiger partial charge is 0.145 e. The minimum atomic E-state index is -1.15. The third-order valence-electron chi connectivity index (χ3n) is 5.52. The Morgan fingerprint density at radius 2 is 0.947 bits per heavy atom.